The maximum atomic E-state index is 12.1. The SMILES string of the molecule is CC(C)C(CNC(=O)C1CCCC1)Nc1ccccc1. The number of nitrogens with one attached hydrogen (secondary N) is 2. The Hall–Kier alpha value is -1.51. The summed E-state index contributed by atoms with van der Waals surface area (Å²) < 4.78 is 0. The monoisotopic (exact) mass is 274 g/mol. The standard InChI is InChI=1S/C17H26N2O/c1-13(2)16(19-15-10-4-3-5-11-15)12-18-17(20)14-8-6-7-9-14/h3-5,10-11,13-14,16,19H,6-9,12H2,1-2H3,(H,18,20). The van der Waals surface area contributed by atoms with Crippen LogP contribution in [0, 0.1) is 11.8 Å². The van der Waals surface area contributed by atoms with Gasteiger partial charge >= 0.3 is 0 Å². The Labute approximate surface area is 122 Å². The van der Waals surface area contributed by atoms with E-state index in [1.807, 2.05) is 18.2 Å². The van der Waals surface area contributed by atoms with E-state index in [4.69, 9.17) is 0 Å². The van der Waals surface area contributed by atoms with Crippen LogP contribution in [0.15, 0.2) is 30.3 Å². The second-order valence-corrected chi connectivity index (χ2v) is 6.09. The van der Waals surface area contributed by atoms with Gasteiger partial charge in [0, 0.05) is 24.2 Å². The molecular weight excluding hydrogens is 248 g/mol. The highest BCUT2D eigenvalue weighted by Gasteiger charge is 2.23. The number of amides is 1. The van der Waals surface area contributed by atoms with Crippen molar-refractivity contribution >= 4 is 11.6 Å². The quantitative estimate of drug-likeness (QED) is 0.834. The Kier molecular flexibility index (Phi) is 5.45. The van der Waals surface area contributed by atoms with Gasteiger partial charge in [-0.1, -0.05) is 44.9 Å². The van der Waals surface area contributed by atoms with Crippen LogP contribution in [-0.4, -0.2) is 18.5 Å². The summed E-state index contributed by atoms with van der Waals surface area (Å²) in [6, 6.07) is 10.5. The molecule has 0 radical (unpaired) electrons. The second kappa shape index (κ2) is 7.32. The average Bonchev–Trinajstić information content (AvgIpc) is 2.98. The van der Waals surface area contributed by atoms with E-state index in [1.54, 1.807) is 0 Å². The molecule has 1 aliphatic rings. The summed E-state index contributed by atoms with van der Waals surface area (Å²) in [5.41, 5.74) is 1.11. The van der Waals surface area contributed by atoms with Crippen LogP contribution in [0.2, 0.25) is 0 Å². The molecule has 1 fully saturated rings. The fraction of sp³-hybridized carbons (Fsp3) is 0.588. The molecule has 0 bridgehead atoms. The van der Waals surface area contributed by atoms with Gasteiger partial charge < -0.3 is 10.6 Å². The first-order valence-corrected chi connectivity index (χ1v) is 7.76. The number of anilines is 1. The van der Waals surface area contributed by atoms with E-state index in [1.165, 1.54) is 12.8 Å². The Balaban J connectivity index is 1.84. The predicted octanol–water partition coefficient (Wildman–Crippen LogP) is 3.43. The molecule has 110 valence electrons. The molecule has 2 N–H and O–H groups in total. The molecule has 0 spiro atoms. The summed E-state index contributed by atoms with van der Waals surface area (Å²) in [6.07, 6.45) is 4.52. The highest BCUT2D eigenvalue weighted by atomic mass is 16.1. The van der Waals surface area contributed by atoms with Crippen LogP contribution >= 0.6 is 0 Å². The van der Waals surface area contributed by atoms with Crippen LogP contribution in [-0.2, 0) is 4.79 Å². The zero-order valence-corrected chi connectivity index (χ0v) is 12.6. The van der Waals surface area contributed by atoms with Gasteiger partial charge in [0.05, 0.1) is 0 Å². The summed E-state index contributed by atoms with van der Waals surface area (Å²) in [4.78, 5) is 12.1. The summed E-state index contributed by atoms with van der Waals surface area (Å²) >= 11 is 0. The van der Waals surface area contributed by atoms with E-state index in [-0.39, 0.29) is 17.9 Å². The third-order valence-electron chi connectivity index (χ3n) is 4.15. The van der Waals surface area contributed by atoms with Crippen molar-refractivity contribution in [3.05, 3.63) is 30.3 Å². The van der Waals surface area contributed by atoms with Crippen molar-refractivity contribution in [2.45, 2.75) is 45.6 Å². The summed E-state index contributed by atoms with van der Waals surface area (Å²) in [7, 11) is 0. The van der Waals surface area contributed by atoms with Gasteiger partial charge in [-0.15, -0.1) is 0 Å². The highest BCUT2D eigenvalue weighted by molar-refractivity contribution is 5.78. The first kappa shape index (κ1) is 14.9. The molecule has 3 nitrogen and oxygen atoms in total. The first-order valence-electron chi connectivity index (χ1n) is 7.76. The van der Waals surface area contributed by atoms with Gasteiger partial charge in [0.25, 0.3) is 0 Å². The molecular formula is C17H26N2O. The molecule has 0 aliphatic heterocycles. The van der Waals surface area contributed by atoms with Crippen LogP contribution in [0.5, 0.6) is 0 Å². The minimum Gasteiger partial charge on any atom is -0.380 e. The fourth-order valence-corrected chi connectivity index (χ4v) is 2.74. The number of rotatable bonds is 6. The molecule has 0 heterocycles. The van der Waals surface area contributed by atoms with E-state index in [0.29, 0.717) is 12.5 Å². The van der Waals surface area contributed by atoms with Crippen LogP contribution in [0.1, 0.15) is 39.5 Å². The topological polar surface area (TPSA) is 41.1 Å². The van der Waals surface area contributed by atoms with Gasteiger partial charge in [-0.3, -0.25) is 4.79 Å². The number of carbonyl (C=O) groups excluding carboxylic acids is 1. The summed E-state index contributed by atoms with van der Waals surface area (Å²) in [5.74, 6) is 0.960. The van der Waals surface area contributed by atoms with Crippen molar-refractivity contribution in [2.75, 3.05) is 11.9 Å². The lowest BCUT2D eigenvalue weighted by Gasteiger charge is -2.24. The van der Waals surface area contributed by atoms with Crippen LogP contribution in [0.25, 0.3) is 0 Å². The van der Waals surface area contributed by atoms with E-state index >= 15 is 0 Å². The number of hydrogen-bond donors (Lipinski definition) is 2. The van der Waals surface area contributed by atoms with E-state index in [0.717, 1.165) is 18.5 Å². The molecule has 2 rings (SSSR count). The van der Waals surface area contributed by atoms with Crippen LogP contribution in [0.3, 0.4) is 0 Å². The van der Waals surface area contributed by atoms with Gasteiger partial charge in [-0.2, -0.15) is 0 Å². The maximum absolute atomic E-state index is 12.1. The highest BCUT2D eigenvalue weighted by Crippen LogP contribution is 2.24. The maximum Gasteiger partial charge on any atom is 0.223 e. The van der Waals surface area contributed by atoms with Crippen molar-refractivity contribution < 1.29 is 4.79 Å². The third-order valence-corrected chi connectivity index (χ3v) is 4.15. The smallest absolute Gasteiger partial charge is 0.223 e. The molecule has 3 heteroatoms. The molecule has 0 aromatic heterocycles. The predicted molar refractivity (Wildman–Crippen MR) is 83.7 cm³/mol. The zero-order chi connectivity index (χ0) is 14.4. The van der Waals surface area contributed by atoms with E-state index in [9.17, 15) is 4.79 Å². The molecule has 1 aromatic rings. The Morgan fingerprint density at radius 3 is 2.45 bits per heavy atom. The Morgan fingerprint density at radius 2 is 1.85 bits per heavy atom. The van der Waals surface area contributed by atoms with E-state index in [2.05, 4.69) is 36.6 Å². The van der Waals surface area contributed by atoms with Crippen LogP contribution in [0.4, 0.5) is 5.69 Å². The van der Waals surface area contributed by atoms with Crippen molar-refractivity contribution in [1.82, 2.24) is 5.32 Å². The summed E-state index contributed by atoms with van der Waals surface area (Å²) in [5, 5.41) is 6.63. The minimum atomic E-state index is 0.239. The van der Waals surface area contributed by atoms with Crippen molar-refractivity contribution in [2.24, 2.45) is 11.8 Å². The average molecular weight is 274 g/mol. The molecule has 1 unspecified atom stereocenters. The molecule has 1 aromatic carbocycles. The molecule has 20 heavy (non-hydrogen) atoms. The molecule has 1 saturated carbocycles. The van der Waals surface area contributed by atoms with Gasteiger partial charge in [0.1, 0.15) is 0 Å². The van der Waals surface area contributed by atoms with Crippen molar-refractivity contribution in [3.8, 4) is 0 Å². The lowest BCUT2D eigenvalue weighted by Crippen LogP contribution is -2.41. The molecule has 0 saturated heterocycles. The van der Waals surface area contributed by atoms with Crippen molar-refractivity contribution in [3.63, 3.8) is 0 Å². The number of para-hydroxylation sites is 1. The number of carbonyl (C=O) groups is 1. The second-order valence-electron chi connectivity index (χ2n) is 6.09. The number of benzene rings is 1. The Bertz CT molecular complexity index is 410. The van der Waals surface area contributed by atoms with E-state index < -0.39 is 0 Å². The first-order chi connectivity index (χ1) is 9.66. The lowest BCUT2D eigenvalue weighted by atomic mass is 10.0. The lowest BCUT2D eigenvalue weighted by molar-refractivity contribution is -0.124. The van der Waals surface area contributed by atoms with Gasteiger partial charge in [0.2, 0.25) is 5.91 Å². The molecule has 1 aliphatic carbocycles. The van der Waals surface area contributed by atoms with Crippen molar-refractivity contribution in [1.29, 1.82) is 0 Å². The largest absolute Gasteiger partial charge is 0.380 e. The summed E-state index contributed by atoms with van der Waals surface area (Å²) in [6.45, 7) is 5.06. The van der Waals surface area contributed by atoms with Crippen LogP contribution < -0.4 is 10.6 Å². The fourth-order valence-electron chi connectivity index (χ4n) is 2.74. The van der Waals surface area contributed by atoms with Gasteiger partial charge in [-0.25, -0.2) is 0 Å². The Morgan fingerprint density at radius 1 is 1.20 bits per heavy atom. The molecule has 1 amide bonds. The third kappa shape index (κ3) is 4.26. The minimum absolute atomic E-state index is 0.239. The number of hydrogen-bond acceptors (Lipinski definition) is 2. The normalized spacial score (nSPS) is 17.1. The molecule has 1 atom stereocenters. The van der Waals surface area contributed by atoms with Gasteiger partial charge in [0.15, 0.2) is 0 Å². The zero-order valence-electron chi connectivity index (χ0n) is 12.6. The van der Waals surface area contributed by atoms with Gasteiger partial charge in [-0.05, 0) is 30.9 Å².